The van der Waals surface area contributed by atoms with Crippen LogP contribution in [0.2, 0.25) is 0 Å². The maximum atomic E-state index is 12.0. The van der Waals surface area contributed by atoms with E-state index in [0.717, 1.165) is 25.8 Å². The van der Waals surface area contributed by atoms with Gasteiger partial charge in [0.2, 0.25) is 5.91 Å². The average molecular weight is 298 g/mol. The first-order chi connectivity index (χ1) is 9.44. The van der Waals surface area contributed by atoms with Crippen LogP contribution < -0.4 is 20.5 Å². The fraction of sp³-hybridized carbons (Fsp3) is 0.417. The van der Waals surface area contributed by atoms with Crippen molar-refractivity contribution in [3.05, 3.63) is 24.3 Å². The second kappa shape index (κ2) is 6.21. The van der Waals surface area contributed by atoms with Crippen molar-refractivity contribution >= 4 is 27.5 Å². The normalized spacial score (nSPS) is 19.4. The molecule has 1 aromatic rings. The number of nitrogens with one attached hydrogen (secondary N) is 3. The van der Waals surface area contributed by atoms with Gasteiger partial charge in [0.25, 0.3) is 10.2 Å². The van der Waals surface area contributed by atoms with E-state index in [1.54, 1.807) is 18.2 Å². The molecule has 0 spiro atoms. The third-order valence-corrected chi connectivity index (χ3v) is 3.54. The molecule has 0 unspecified atom stereocenters. The van der Waals surface area contributed by atoms with Crippen molar-refractivity contribution in [2.24, 2.45) is 5.14 Å². The van der Waals surface area contributed by atoms with E-state index in [9.17, 15) is 13.2 Å². The van der Waals surface area contributed by atoms with Crippen molar-refractivity contribution < 1.29 is 13.2 Å². The Balaban J connectivity index is 2.02. The van der Waals surface area contributed by atoms with Gasteiger partial charge in [-0.1, -0.05) is 12.5 Å². The van der Waals surface area contributed by atoms with Crippen molar-refractivity contribution in [1.29, 1.82) is 0 Å². The summed E-state index contributed by atoms with van der Waals surface area (Å²) < 4.78 is 24.1. The van der Waals surface area contributed by atoms with Crippen LogP contribution in [0.3, 0.4) is 0 Å². The Morgan fingerprint density at radius 3 is 2.70 bits per heavy atom. The SMILES string of the molecule is NS(=O)(=O)Nc1cccc(NC(=O)[C@@H]2CCCCN2)c1. The minimum Gasteiger partial charge on any atom is -0.325 e. The number of nitrogens with two attached hydrogens (primary N) is 1. The van der Waals surface area contributed by atoms with Crippen LogP contribution in [0.5, 0.6) is 0 Å². The quantitative estimate of drug-likeness (QED) is 0.643. The van der Waals surface area contributed by atoms with Gasteiger partial charge in [0.15, 0.2) is 0 Å². The van der Waals surface area contributed by atoms with Gasteiger partial charge in [-0.3, -0.25) is 9.52 Å². The van der Waals surface area contributed by atoms with Crippen LogP contribution in [0.25, 0.3) is 0 Å². The van der Waals surface area contributed by atoms with E-state index >= 15 is 0 Å². The van der Waals surface area contributed by atoms with Crippen LogP contribution in [0.15, 0.2) is 24.3 Å². The zero-order chi connectivity index (χ0) is 14.6. The molecule has 1 fully saturated rings. The van der Waals surface area contributed by atoms with E-state index in [1.165, 1.54) is 6.07 Å². The van der Waals surface area contributed by atoms with Gasteiger partial charge in [0.05, 0.1) is 11.7 Å². The standard InChI is InChI=1S/C12H18N4O3S/c13-20(18,19)16-10-5-3-4-9(8-10)15-12(17)11-6-1-2-7-14-11/h3-5,8,11,14,16H,1-2,6-7H2,(H,15,17)(H2,13,18,19)/t11-/m0/s1. The highest BCUT2D eigenvalue weighted by molar-refractivity contribution is 7.90. The molecule has 5 N–H and O–H groups in total. The van der Waals surface area contributed by atoms with Crippen molar-refractivity contribution in [3.8, 4) is 0 Å². The lowest BCUT2D eigenvalue weighted by molar-refractivity contribution is -0.118. The van der Waals surface area contributed by atoms with Crippen LogP contribution in [0.4, 0.5) is 11.4 Å². The lowest BCUT2D eigenvalue weighted by Gasteiger charge is -2.22. The largest absolute Gasteiger partial charge is 0.325 e. The molecule has 8 heteroatoms. The Bertz CT molecular complexity index is 582. The number of rotatable bonds is 4. The maximum absolute atomic E-state index is 12.0. The van der Waals surface area contributed by atoms with Gasteiger partial charge < -0.3 is 10.6 Å². The number of piperidine rings is 1. The number of carbonyl (C=O) groups is 1. The molecule has 0 aromatic heterocycles. The molecule has 20 heavy (non-hydrogen) atoms. The third kappa shape index (κ3) is 4.48. The highest BCUT2D eigenvalue weighted by Gasteiger charge is 2.20. The average Bonchev–Trinajstić information content (AvgIpc) is 2.38. The molecule has 1 aliphatic rings. The lowest BCUT2D eigenvalue weighted by Crippen LogP contribution is -2.43. The molecular formula is C12H18N4O3S. The predicted octanol–water partition coefficient (Wildman–Crippen LogP) is 0.383. The Labute approximate surface area is 118 Å². The predicted molar refractivity (Wildman–Crippen MR) is 77.4 cm³/mol. The minimum atomic E-state index is -3.82. The van der Waals surface area contributed by atoms with Crippen LogP contribution in [-0.4, -0.2) is 26.9 Å². The number of benzene rings is 1. The molecule has 2 rings (SSSR count). The van der Waals surface area contributed by atoms with E-state index in [4.69, 9.17) is 5.14 Å². The molecule has 1 aromatic carbocycles. The summed E-state index contributed by atoms with van der Waals surface area (Å²) in [7, 11) is -3.82. The molecule has 0 bridgehead atoms. The van der Waals surface area contributed by atoms with Gasteiger partial charge >= 0.3 is 0 Å². The Hall–Kier alpha value is -1.64. The monoisotopic (exact) mass is 298 g/mol. The van der Waals surface area contributed by atoms with Crippen LogP contribution in [-0.2, 0) is 15.0 Å². The molecule has 0 saturated carbocycles. The second-order valence-electron chi connectivity index (χ2n) is 4.72. The Kier molecular flexibility index (Phi) is 4.58. The van der Waals surface area contributed by atoms with Crippen LogP contribution >= 0.6 is 0 Å². The summed E-state index contributed by atoms with van der Waals surface area (Å²) in [4.78, 5) is 12.0. The summed E-state index contributed by atoms with van der Waals surface area (Å²) in [6, 6.07) is 6.20. The fourth-order valence-corrected chi connectivity index (χ4v) is 2.59. The summed E-state index contributed by atoms with van der Waals surface area (Å²) in [5, 5.41) is 10.8. The van der Waals surface area contributed by atoms with Gasteiger partial charge in [0.1, 0.15) is 0 Å². The third-order valence-electron chi connectivity index (χ3n) is 3.02. The highest BCUT2D eigenvalue weighted by Crippen LogP contribution is 2.17. The molecular weight excluding hydrogens is 280 g/mol. The van der Waals surface area contributed by atoms with Crippen LogP contribution in [0, 0.1) is 0 Å². The molecule has 7 nitrogen and oxygen atoms in total. The maximum Gasteiger partial charge on any atom is 0.296 e. The van der Waals surface area contributed by atoms with Crippen molar-refractivity contribution in [1.82, 2.24) is 5.32 Å². The first-order valence-corrected chi connectivity index (χ1v) is 7.93. The smallest absolute Gasteiger partial charge is 0.296 e. The van der Waals surface area contributed by atoms with E-state index in [1.807, 2.05) is 0 Å². The summed E-state index contributed by atoms with van der Waals surface area (Å²) in [5.74, 6) is -0.113. The Morgan fingerprint density at radius 1 is 1.30 bits per heavy atom. The minimum absolute atomic E-state index is 0.113. The number of amides is 1. The number of carbonyl (C=O) groups excluding carboxylic acids is 1. The fourth-order valence-electron chi connectivity index (χ4n) is 2.13. The second-order valence-corrected chi connectivity index (χ2v) is 6.01. The molecule has 1 heterocycles. The molecule has 1 saturated heterocycles. The van der Waals surface area contributed by atoms with Gasteiger partial charge in [0, 0.05) is 5.69 Å². The molecule has 1 amide bonds. The molecule has 1 atom stereocenters. The molecule has 110 valence electrons. The summed E-state index contributed by atoms with van der Waals surface area (Å²) >= 11 is 0. The first kappa shape index (κ1) is 14.8. The topological polar surface area (TPSA) is 113 Å². The number of hydrogen-bond donors (Lipinski definition) is 4. The number of anilines is 2. The van der Waals surface area contributed by atoms with Gasteiger partial charge in [-0.05, 0) is 37.6 Å². The lowest BCUT2D eigenvalue weighted by atomic mass is 10.0. The van der Waals surface area contributed by atoms with Crippen molar-refractivity contribution in [3.63, 3.8) is 0 Å². The van der Waals surface area contributed by atoms with Gasteiger partial charge in [-0.15, -0.1) is 0 Å². The first-order valence-electron chi connectivity index (χ1n) is 6.39. The van der Waals surface area contributed by atoms with E-state index in [-0.39, 0.29) is 11.9 Å². The van der Waals surface area contributed by atoms with Crippen LogP contribution in [0.1, 0.15) is 19.3 Å². The van der Waals surface area contributed by atoms with E-state index in [2.05, 4.69) is 15.4 Å². The summed E-state index contributed by atoms with van der Waals surface area (Å²) in [5.41, 5.74) is 0.831. The zero-order valence-electron chi connectivity index (χ0n) is 10.9. The number of hydrogen-bond acceptors (Lipinski definition) is 4. The molecule has 1 aliphatic heterocycles. The van der Waals surface area contributed by atoms with Crippen molar-refractivity contribution in [2.75, 3.05) is 16.6 Å². The highest BCUT2D eigenvalue weighted by atomic mass is 32.2. The molecule has 0 aliphatic carbocycles. The van der Waals surface area contributed by atoms with E-state index < -0.39 is 10.2 Å². The molecule has 0 radical (unpaired) electrons. The zero-order valence-corrected chi connectivity index (χ0v) is 11.7. The summed E-state index contributed by atoms with van der Waals surface area (Å²) in [6.07, 6.45) is 2.91. The summed E-state index contributed by atoms with van der Waals surface area (Å²) in [6.45, 7) is 0.838. The van der Waals surface area contributed by atoms with Gasteiger partial charge in [-0.2, -0.15) is 8.42 Å². The van der Waals surface area contributed by atoms with Crippen molar-refractivity contribution in [2.45, 2.75) is 25.3 Å². The Morgan fingerprint density at radius 2 is 2.05 bits per heavy atom. The van der Waals surface area contributed by atoms with Gasteiger partial charge in [-0.25, -0.2) is 5.14 Å². The van der Waals surface area contributed by atoms with E-state index in [0.29, 0.717) is 11.4 Å².